The molecule has 2 heterocycles. The Morgan fingerprint density at radius 1 is 0.946 bits per heavy atom. The molecule has 1 saturated heterocycles. The molecular formula is C27H21ClN2O6S. The van der Waals surface area contributed by atoms with Gasteiger partial charge in [0.05, 0.1) is 43.2 Å². The Kier molecular flexibility index (Phi) is 6.49. The molecular weight excluding hydrogens is 516 g/mol. The molecule has 1 aliphatic rings. The van der Waals surface area contributed by atoms with Crippen LogP contribution in [0.25, 0.3) is 16.0 Å². The zero-order valence-corrected chi connectivity index (χ0v) is 21.6. The molecule has 10 heteroatoms. The number of ether oxygens (including phenoxy) is 3. The van der Waals surface area contributed by atoms with Crippen LogP contribution in [0, 0.1) is 0 Å². The van der Waals surface area contributed by atoms with Gasteiger partial charge in [0.15, 0.2) is 16.6 Å². The number of fused-ring (bicyclic) bond motifs is 1. The summed E-state index contributed by atoms with van der Waals surface area (Å²) in [5, 5.41) is 12.1. The average Bonchev–Trinajstić information content (AvgIpc) is 3.45. The average molecular weight is 537 g/mol. The summed E-state index contributed by atoms with van der Waals surface area (Å²) < 4.78 is 16.9. The minimum Gasteiger partial charge on any atom is -0.507 e. The standard InChI is InChI=1S/C27H21ClN2O6S/c1-34-17-9-10-18-21(13-17)37-27(29-18)30-23(15-6-11-19(35-2)20(12-15)36-3)22(25(32)26(30)33)24(31)14-4-7-16(28)8-5-14/h4-13,23,31H,1-3H3. The Bertz CT molecular complexity index is 1560. The number of hydrogen-bond donors (Lipinski definition) is 1. The molecule has 4 aromatic rings. The van der Waals surface area contributed by atoms with Gasteiger partial charge in [-0.05, 0) is 60.2 Å². The van der Waals surface area contributed by atoms with Crippen LogP contribution >= 0.6 is 22.9 Å². The second-order valence-corrected chi connectivity index (χ2v) is 9.57. The summed E-state index contributed by atoms with van der Waals surface area (Å²) in [7, 11) is 4.57. The summed E-state index contributed by atoms with van der Waals surface area (Å²) in [6, 6.07) is 15.8. The second-order valence-electron chi connectivity index (χ2n) is 8.12. The van der Waals surface area contributed by atoms with Crippen LogP contribution in [0.3, 0.4) is 0 Å². The number of carbonyl (C=O) groups excluding carboxylic acids is 2. The number of aromatic nitrogens is 1. The van der Waals surface area contributed by atoms with Crippen LogP contribution in [-0.4, -0.2) is 43.1 Å². The minimum atomic E-state index is -0.974. The summed E-state index contributed by atoms with van der Waals surface area (Å²) >= 11 is 7.25. The predicted molar refractivity (Wildman–Crippen MR) is 142 cm³/mol. The lowest BCUT2D eigenvalue weighted by atomic mass is 9.95. The Balaban J connectivity index is 1.73. The number of Topliss-reactive ketones (excluding diaryl/α,β-unsaturated/α-hetero) is 1. The van der Waals surface area contributed by atoms with Gasteiger partial charge < -0.3 is 19.3 Å². The number of nitrogens with zero attached hydrogens (tertiary/aromatic N) is 2. The van der Waals surface area contributed by atoms with E-state index in [9.17, 15) is 14.7 Å². The van der Waals surface area contributed by atoms with Crippen molar-refractivity contribution in [1.29, 1.82) is 0 Å². The van der Waals surface area contributed by atoms with E-state index in [4.69, 9.17) is 25.8 Å². The van der Waals surface area contributed by atoms with Crippen LogP contribution in [0.15, 0.2) is 66.2 Å². The van der Waals surface area contributed by atoms with Crippen molar-refractivity contribution in [3.63, 3.8) is 0 Å². The number of hydrogen-bond acceptors (Lipinski definition) is 8. The number of methoxy groups -OCH3 is 3. The topological polar surface area (TPSA) is 98.2 Å². The van der Waals surface area contributed by atoms with Gasteiger partial charge in [-0.1, -0.05) is 29.0 Å². The molecule has 188 valence electrons. The lowest BCUT2D eigenvalue weighted by Crippen LogP contribution is -2.29. The molecule has 8 nitrogen and oxygen atoms in total. The molecule has 37 heavy (non-hydrogen) atoms. The fourth-order valence-corrected chi connectivity index (χ4v) is 5.40. The van der Waals surface area contributed by atoms with Crippen LogP contribution in [-0.2, 0) is 9.59 Å². The van der Waals surface area contributed by atoms with Crippen LogP contribution in [0.1, 0.15) is 17.2 Å². The van der Waals surface area contributed by atoms with Crippen molar-refractivity contribution in [2.24, 2.45) is 0 Å². The van der Waals surface area contributed by atoms with E-state index >= 15 is 0 Å². The zero-order chi connectivity index (χ0) is 26.3. The largest absolute Gasteiger partial charge is 0.507 e. The highest BCUT2D eigenvalue weighted by atomic mass is 35.5. The van der Waals surface area contributed by atoms with Gasteiger partial charge in [-0.15, -0.1) is 0 Å². The van der Waals surface area contributed by atoms with Crippen molar-refractivity contribution >= 4 is 55.7 Å². The quantitative estimate of drug-likeness (QED) is 0.194. The number of ketones is 1. The van der Waals surface area contributed by atoms with Gasteiger partial charge in [-0.25, -0.2) is 4.98 Å². The van der Waals surface area contributed by atoms with Gasteiger partial charge in [0.25, 0.3) is 5.78 Å². The summed E-state index contributed by atoms with van der Waals surface area (Å²) in [6.45, 7) is 0. The van der Waals surface area contributed by atoms with E-state index in [0.717, 1.165) is 4.70 Å². The first-order chi connectivity index (χ1) is 17.9. The molecule has 1 amide bonds. The van der Waals surface area contributed by atoms with E-state index < -0.39 is 17.7 Å². The molecule has 1 aromatic heterocycles. The van der Waals surface area contributed by atoms with Crippen molar-refractivity contribution in [1.82, 2.24) is 4.98 Å². The smallest absolute Gasteiger partial charge is 0.301 e. The van der Waals surface area contributed by atoms with Gasteiger partial charge in [-0.2, -0.15) is 0 Å². The first kappa shape index (κ1) is 24.6. The highest BCUT2D eigenvalue weighted by Gasteiger charge is 2.48. The third kappa shape index (κ3) is 4.26. The summed E-state index contributed by atoms with van der Waals surface area (Å²) in [5.74, 6) is -0.423. The van der Waals surface area contributed by atoms with Gasteiger partial charge in [0, 0.05) is 10.6 Å². The maximum atomic E-state index is 13.5. The molecule has 1 atom stereocenters. The normalized spacial score (nSPS) is 16.9. The highest BCUT2D eigenvalue weighted by Crippen LogP contribution is 2.46. The van der Waals surface area contributed by atoms with Gasteiger partial charge in [0.2, 0.25) is 0 Å². The number of anilines is 1. The van der Waals surface area contributed by atoms with Crippen molar-refractivity contribution in [2.75, 3.05) is 26.2 Å². The molecule has 5 rings (SSSR count). The number of carbonyl (C=O) groups is 2. The molecule has 0 saturated carbocycles. The number of aliphatic hydroxyl groups is 1. The molecule has 1 unspecified atom stereocenters. The number of halogens is 1. The third-order valence-corrected chi connectivity index (χ3v) is 7.35. The summed E-state index contributed by atoms with van der Waals surface area (Å²) in [5.41, 5.74) is 1.45. The van der Waals surface area contributed by atoms with Gasteiger partial charge >= 0.3 is 5.91 Å². The molecule has 1 N–H and O–H groups in total. The van der Waals surface area contributed by atoms with E-state index in [1.165, 1.54) is 30.5 Å². The molecule has 0 bridgehead atoms. The fraction of sp³-hybridized carbons (Fsp3) is 0.148. The SMILES string of the molecule is COc1ccc2nc(N3C(=O)C(=O)C(=C(O)c4ccc(Cl)cc4)C3c3ccc(OC)c(OC)c3)sc2c1. The van der Waals surface area contributed by atoms with Crippen molar-refractivity contribution in [3.05, 3.63) is 82.4 Å². The zero-order valence-electron chi connectivity index (χ0n) is 20.0. The third-order valence-electron chi connectivity index (χ3n) is 6.08. The molecule has 0 aliphatic carbocycles. The number of thiazole rings is 1. The van der Waals surface area contributed by atoms with E-state index in [1.807, 2.05) is 6.07 Å². The van der Waals surface area contributed by atoms with E-state index in [0.29, 0.717) is 44.0 Å². The number of rotatable bonds is 6. The lowest BCUT2D eigenvalue weighted by Gasteiger charge is -2.23. The summed E-state index contributed by atoms with van der Waals surface area (Å²) in [4.78, 5) is 32.8. The van der Waals surface area contributed by atoms with Gasteiger partial charge in [0.1, 0.15) is 11.5 Å². The number of aliphatic hydroxyl groups excluding tert-OH is 1. The van der Waals surface area contributed by atoms with Crippen LogP contribution in [0.2, 0.25) is 5.02 Å². The van der Waals surface area contributed by atoms with E-state index in [2.05, 4.69) is 4.98 Å². The maximum Gasteiger partial charge on any atom is 0.301 e. The fourth-order valence-electron chi connectivity index (χ4n) is 4.25. The second kappa shape index (κ2) is 9.76. The first-order valence-corrected chi connectivity index (χ1v) is 12.3. The van der Waals surface area contributed by atoms with E-state index in [-0.39, 0.29) is 11.3 Å². The number of benzene rings is 3. The van der Waals surface area contributed by atoms with Crippen molar-refractivity contribution in [2.45, 2.75) is 6.04 Å². The van der Waals surface area contributed by atoms with Crippen molar-refractivity contribution < 1.29 is 28.9 Å². The Labute approximate surface area is 221 Å². The Morgan fingerprint density at radius 2 is 1.68 bits per heavy atom. The molecule has 1 fully saturated rings. The molecule has 0 spiro atoms. The van der Waals surface area contributed by atoms with Gasteiger partial charge in [-0.3, -0.25) is 14.5 Å². The van der Waals surface area contributed by atoms with Crippen molar-refractivity contribution in [3.8, 4) is 17.2 Å². The van der Waals surface area contributed by atoms with Crippen LogP contribution in [0.4, 0.5) is 5.13 Å². The lowest BCUT2D eigenvalue weighted by molar-refractivity contribution is -0.132. The molecule has 1 aliphatic heterocycles. The molecule has 3 aromatic carbocycles. The highest BCUT2D eigenvalue weighted by molar-refractivity contribution is 7.22. The number of amides is 1. The van der Waals surface area contributed by atoms with E-state index in [1.54, 1.807) is 61.7 Å². The Morgan fingerprint density at radius 3 is 2.35 bits per heavy atom. The minimum absolute atomic E-state index is 0.0728. The maximum absolute atomic E-state index is 13.5. The molecule has 0 radical (unpaired) electrons. The Hall–Kier alpha value is -4.08. The predicted octanol–water partition coefficient (Wildman–Crippen LogP) is 5.60. The van der Waals surface area contributed by atoms with Crippen LogP contribution in [0.5, 0.6) is 17.2 Å². The van der Waals surface area contributed by atoms with Crippen LogP contribution < -0.4 is 19.1 Å². The monoisotopic (exact) mass is 536 g/mol. The summed E-state index contributed by atoms with van der Waals surface area (Å²) in [6.07, 6.45) is 0. The first-order valence-electron chi connectivity index (χ1n) is 11.1.